The lowest BCUT2D eigenvalue weighted by Crippen LogP contribution is -2.34. The summed E-state index contributed by atoms with van der Waals surface area (Å²) in [7, 11) is 1.37. The molecule has 0 saturated heterocycles. The number of nitrogens with zero attached hydrogens (tertiary/aromatic N) is 1. The molecule has 0 aliphatic carbocycles. The molecule has 0 heterocycles. The highest BCUT2D eigenvalue weighted by Crippen LogP contribution is 2.36. The number of hydroxylamine groups is 1. The van der Waals surface area contributed by atoms with Crippen LogP contribution in [0.4, 0.5) is 5.69 Å². The van der Waals surface area contributed by atoms with Crippen molar-refractivity contribution in [3.8, 4) is 5.75 Å². The van der Waals surface area contributed by atoms with Crippen LogP contribution >= 0.6 is 23.2 Å². The molecule has 0 bridgehead atoms. The fourth-order valence-corrected chi connectivity index (χ4v) is 3.34. The van der Waals surface area contributed by atoms with Crippen molar-refractivity contribution in [3.63, 3.8) is 0 Å². The SMILES string of the molecule is CON(C(=O)COc1cc(C(=O)O)cc2cc(Cl)cc(Cl)c12)c1ccccc1. The molecule has 1 amide bonds. The normalized spacial score (nSPS) is 10.7. The maximum absolute atomic E-state index is 12.5. The van der Waals surface area contributed by atoms with Crippen LogP contribution in [0.3, 0.4) is 0 Å². The first-order chi connectivity index (χ1) is 13.4. The predicted octanol–water partition coefficient (Wildman–Crippen LogP) is 4.82. The van der Waals surface area contributed by atoms with Crippen molar-refractivity contribution in [1.29, 1.82) is 0 Å². The van der Waals surface area contributed by atoms with Gasteiger partial charge in [-0.2, -0.15) is 5.06 Å². The minimum Gasteiger partial charge on any atom is -0.483 e. The predicted molar refractivity (Wildman–Crippen MR) is 107 cm³/mol. The summed E-state index contributed by atoms with van der Waals surface area (Å²) in [5, 5.41) is 12.0. The Bertz CT molecular complexity index is 1040. The number of aromatic carboxylic acids is 1. The molecule has 0 saturated carbocycles. The molecule has 0 fully saturated rings. The second-order valence-electron chi connectivity index (χ2n) is 5.76. The van der Waals surface area contributed by atoms with Gasteiger partial charge in [-0.05, 0) is 41.8 Å². The Morgan fingerprint density at radius 1 is 1.07 bits per heavy atom. The smallest absolute Gasteiger partial charge is 0.335 e. The fraction of sp³-hybridized carbons (Fsp3) is 0.100. The van der Waals surface area contributed by atoms with Crippen molar-refractivity contribution in [1.82, 2.24) is 0 Å². The first-order valence-electron chi connectivity index (χ1n) is 8.11. The van der Waals surface area contributed by atoms with E-state index in [4.69, 9.17) is 32.8 Å². The minimum absolute atomic E-state index is 0.0139. The van der Waals surface area contributed by atoms with E-state index in [0.717, 1.165) is 5.06 Å². The van der Waals surface area contributed by atoms with E-state index in [1.165, 1.54) is 25.3 Å². The quantitative estimate of drug-likeness (QED) is 0.579. The third kappa shape index (κ3) is 4.20. The van der Waals surface area contributed by atoms with E-state index < -0.39 is 11.9 Å². The van der Waals surface area contributed by atoms with Gasteiger partial charge in [-0.3, -0.25) is 9.63 Å². The van der Waals surface area contributed by atoms with Gasteiger partial charge in [0.15, 0.2) is 6.61 Å². The van der Waals surface area contributed by atoms with Crippen molar-refractivity contribution >= 4 is 51.5 Å². The van der Waals surface area contributed by atoms with Crippen molar-refractivity contribution < 1.29 is 24.3 Å². The Morgan fingerprint density at radius 3 is 2.43 bits per heavy atom. The molecule has 0 unspecified atom stereocenters. The number of ether oxygens (including phenoxy) is 1. The summed E-state index contributed by atoms with van der Waals surface area (Å²) in [6.07, 6.45) is 0. The van der Waals surface area contributed by atoms with Crippen LogP contribution in [-0.4, -0.2) is 30.7 Å². The van der Waals surface area contributed by atoms with Gasteiger partial charge in [0, 0.05) is 10.4 Å². The highest BCUT2D eigenvalue weighted by molar-refractivity contribution is 6.39. The zero-order valence-electron chi connectivity index (χ0n) is 14.7. The summed E-state index contributed by atoms with van der Waals surface area (Å²) in [6, 6.07) is 14.6. The average Bonchev–Trinajstić information content (AvgIpc) is 2.66. The number of amides is 1. The molecule has 0 atom stereocenters. The molecule has 0 spiro atoms. The monoisotopic (exact) mass is 419 g/mol. The molecule has 3 rings (SSSR count). The zero-order valence-corrected chi connectivity index (χ0v) is 16.2. The van der Waals surface area contributed by atoms with Gasteiger partial charge in [0.1, 0.15) is 5.75 Å². The number of rotatable bonds is 6. The van der Waals surface area contributed by atoms with E-state index in [1.54, 1.807) is 30.3 Å². The molecule has 0 aliphatic rings. The molecule has 6 nitrogen and oxygen atoms in total. The van der Waals surface area contributed by atoms with Gasteiger partial charge in [-0.25, -0.2) is 4.79 Å². The number of hydrogen-bond donors (Lipinski definition) is 1. The van der Waals surface area contributed by atoms with Crippen LogP contribution in [0.2, 0.25) is 10.0 Å². The number of carboxylic acid groups (broad SMARTS) is 1. The largest absolute Gasteiger partial charge is 0.483 e. The van der Waals surface area contributed by atoms with Crippen LogP contribution in [0, 0.1) is 0 Å². The standard InChI is InChI=1S/C20H15Cl2NO5/c1-27-23(15-5-3-2-4-6-15)18(24)11-28-17-9-13(20(25)26)7-12-8-14(21)10-16(22)19(12)17/h2-10H,11H2,1H3,(H,25,26). The van der Waals surface area contributed by atoms with E-state index >= 15 is 0 Å². The first kappa shape index (κ1) is 19.9. The highest BCUT2D eigenvalue weighted by atomic mass is 35.5. The van der Waals surface area contributed by atoms with Crippen molar-refractivity contribution in [2.24, 2.45) is 0 Å². The Hall–Kier alpha value is -2.80. The van der Waals surface area contributed by atoms with Crippen molar-refractivity contribution in [3.05, 3.63) is 70.2 Å². The molecule has 3 aromatic rings. The summed E-state index contributed by atoms with van der Waals surface area (Å²) in [5.74, 6) is -1.46. The van der Waals surface area contributed by atoms with Gasteiger partial charge in [0.2, 0.25) is 0 Å². The maximum Gasteiger partial charge on any atom is 0.335 e. The Labute approximate surface area is 170 Å². The molecule has 1 N–H and O–H groups in total. The summed E-state index contributed by atoms with van der Waals surface area (Å²) in [5.41, 5.74) is 0.521. The van der Waals surface area contributed by atoms with Gasteiger partial charge in [0.25, 0.3) is 5.91 Å². The Kier molecular flexibility index (Phi) is 6.04. The van der Waals surface area contributed by atoms with E-state index in [1.807, 2.05) is 6.07 Å². The van der Waals surface area contributed by atoms with Crippen LogP contribution < -0.4 is 9.80 Å². The fourth-order valence-electron chi connectivity index (χ4n) is 2.74. The van der Waals surface area contributed by atoms with E-state index in [0.29, 0.717) is 21.5 Å². The topological polar surface area (TPSA) is 76.1 Å². The summed E-state index contributed by atoms with van der Waals surface area (Å²) < 4.78 is 5.63. The molecule has 28 heavy (non-hydrogen) atoms. The van der Waals surface area contributed by atoms with E-state index in [2.05, 4.69) is 0 Å². The molecule has 0 radical (unpaired) electrons. The third-order valence-electron chi connectivity index (χ3n) is 3.93. The molecular formula is C20H15Cl2NO5. The summed E-state index contributed by atoms with van der Waals surface area (Å²) in [6.45, 7) is -0.389. The Morgan fingerprint density at radius 2 is 1.79 bits per heavy atom. The molecular weight excluding hydrogens is 405 g/mol. The molecule has 0 aliphatic heterocycles. The lowest BCUT2D eigenvalue weighted by atomic mass is 10.1. The number of fused-ring (bicyclic) bond motifs is 1. The van der Waals surface area contributed by atoms with Crippen LogP contribution in [0.15, 0.2) is 54.6 Å². The van der Waals surface area contributed by atoms with E-state index in [-0.39, 0.29) is 22.9 Å². The van der Waals surface area contributed by atoms with Crippen LogP contribution in [0.1, 0.15) is 10.4 Å². The highest BCUT2D eigenvalue weighted by Gasteiger charge is 2.19. The number of carboxylic acids is 1. The van der Waals surface area contributed by atoms with Crippen molar-refractivity contribution in [2.75, 3.05) is 18.8 Å². The lowest BCUT2D eigenvalue weighted by Gasteiger charge is -2.20. The van der Waals surface area contributed by atoms with Crippen LogP contribution in [0.5, 0.6) is 5.75 Å². The minimum atomic E-state index is -1.14. The van der Waals surface area contributed by atoms with Gasteiger partial charge in [-0.15, -0.1) is 0 Å². The van der Waals surface area contributed by atoms with E-state index in [9.17, 15) is 14.7 Å². The third-order valence-corrected chi connectivity index (χ3v) is 4.44. The van der Waals surface area contributed by atoms with Gasteiger partial charge >= 0.3 is 5.97 Å². The average molecular weight is 420 g/mol. The molecule has 3 aromatic carbocycles. The zero-order chi connectivity index (χ0) is 20.3. The number of halogens is 2. The number of para-hydroxylation sites is 1. The number of carbonyl (C=O) groups is 2. The molecule has 144 valence electrons. The summed E-state index contributed by atoms with van der Waals surface area (Å²) >= 11 is 12.3. The molecule has 8 heteroatoms. The first-order valence-corrected chi connectivity index (χ1v) is 8.87. The van der Waals surface area contributed by atoms with Crippen molar-refractivity contribution in [2.45, 2.75) is 0 Å². The second-order valence-corrected chi connectivity index (χ2v) is 6.60. The number of hydrogen-bond acceptors (Lipinski definition) is 4. The van der Waals surface area contributed by atoms with Crippen LogP contribution in [-0.2, 0) is 9.63 Å². The Balaban J connectivity index is 1.93. The van der Waals surface area contributed by atoms with Crippen LogP contribution in [0.25, 0.3) is 10.8 Å². The number of benzene rings is 3. The second kappa shape index (κ2) is 8.48. The number of anilines is 1. The lowest BCUT2D eigenvalue weighted by molar-refractivity contribution is -0.126. The van der Waals surface area contributed by atoms with Gasteiger partial charge in [0.05, 0.1) is 23.4 Å². The molecule has 0 aromatic heterocycles. The maximum atomic E-state index is 12.5. The summed E-state index contributed by atoms with van der Waals surface area (Å²) in [4.78, 5) is 29.1. The van der Waals surface area contributed by atoms with Gasteiger partial charge < -0.3 is 9.84 Å². The van der Waals surface area contributed by atoms with Gasteiger partial charge in [-0.1, -0.05) is 41.4 Å². The number of carbonyl (C=O) groups excluding carboxylic acids is 1.